The first-order valence-electron chi connectivity index (χ1n) is 9.28. The molecular weight excluding hydrogens is 362 g/mol. The van der Waals surface area contributed by atoms with Crippen molar-refractivity contribution in [2.75, 3.05) is 13.1 Å². The lowest BCUT2D eigenvalue weighted by Gasteiger charge is -2.31. The zero-order valence-electron chi connectivity index (χ0n) is 15.2. The first kappa shape index (κ1) is 18.1. The Hall–Kier alpha value is -2.30. The molecule has 1 saturated heterocycles. The van der Waals surface area contributed by atoms with Crippen LogP contribution >= 0.6 is 11.6 Å². The first-order chi connectivity index (χ1) is 13.0. The SMILES string of the molecule is CC1CCCN(Cc2c(O)ccc3cc(-c4ccc(Cl)cc4)c(=O)oc23)C1. The van der Waals surface area contributed by atoms with Crippen LogP contribution in [-0.2, 0) is 6.54 Å². The molecule has 0 aliphatic carbocycles. The van der Waals surface area contributed by atoms with E-state index in [1.54, 1.807) is 36.4 Å². The van der Waals surface area contributed by atoms with Gasteiger partial charge < -0.3 is 9.52 Å². The quantitative estimate of drug-likeness (QED) is 0.643. The molecule has 4 rings (SSSR count). The summed E-state index contributed by atoms with van der Waals surface area (Å²) < 4.78 is 5.68. The normalized spacial score (nSPS) is 18.1. The minimum absolute atomic E-state index is 0.170. The number of rotatable bonds is 3. The van der Waals surface area contributed by atoms with Crippen LogP contribution in [0.2, 0.25) is 5.02 Å². The number of benzene rings is 2. The lowest BCUT2D eigenvalue weighted by atomic mass is 9.99. The number of aromatic hydroxyl groups is 1. The molecule has 0 spiro atoms. The maximum Gasteiger partial charge on any atom is 0.344 e. The van der Waals surface area contributed by atoms with Crippen LogP contribution in [0.3, 0.4) is 0 Å². The van der Waals surface area contributed by atoms with E-state index in [4.69, 9.17) is 16.0 Å². The van der Waals surface area contributed by atoms with Crippen LogP contribution in [0.1, 0.15) is 25.3 Å². The van der Waals surface area contributed by atoms with Gasteiger partial charge in [-0.25, -0.2) is 4.79 Å². The van der Waals surface area contributed by atoms with E-state index in [9.17, 15) is 9.90 Å². The van der Waals surface area contributed by atoms with Gasteiger partial charge in [-0.3, -0.25) is 4.90 Å². The molecule has 2 aromatic carbocycles. The number of hydrogen-bond acceptors (Lipinski definition) is 4. The second-order valence-corrected chi connectivity index (χ2v) is 7.85. The number of phenols is 1. The molecule has 0 saturated carbocycles. The minimum atomic E-state index is -0.413. The van der Waals surface area contributed by atoms with Crippen LogP contribution in [0.5, 0.6) is 5.75 Å². The van der Waals surface area contributed by atoms with E-state index in [2.05, 4.69) is 11.8 Å². The Labute approximate surface area is 163 Å². The number of piperidine rings is 1. The summed E-state index contributed by atoms with van der Waals surface area (Å²) in [6.45, 7) is 4.81. The van der Waals surface area contributed by atoms with Crippen LogP contribution in [0, 0.1) is 5.92 Å². The zero-order valence-corrected chi connectivity index (χ0v) is 16.0. The molecular formula is C22H22ClNO3. The predicted molar refractivity (Wildman–Crippen MR) is 108 cm³/mol. The van der Waals surface area contributed by atoms with E-state index in [1.807, 2.05) is 6.07 Å². The topological polar surface area (TPSA) is 53.7 Å². The number of fused-ring (bicyclic) bond motifs is 1. The van der Waals surface area contributed by atoms with Gasteiger partial charge in [-0.1, -0.05) is 30.7 Å². The van der Waals surface area contributed by atoms with E-state index in [1.165, 1.54) is 6.42 Å². The van der Waals surface area contributed by atoms with Gasteiger partial charge in [0.25, 0.3) is 0 Å². The molecule has 1 N–H and O–H groups in total. The van der Waals surface area contributed by atoms with Gasteiger partial charge in [0.15, 0.2) is 0 Å². The van der Waals surface area contributed by atoms with Crippen molar-refractivity contribution in [3.05, 3.63) is 63.5 Å². The Morgan fingerprint density at radius 1 is 1.22 bits per heavy atom. The Bertz CT molecular complexity index is 1030. The lowest BCUT2D eigenvalue weighted by Crippen LogP contribution is -2.33. The van der Waals surface area contributed by atoms with Crippen LogP contribution < -0.4 is 5.63 Å². The summed E-state index contributed by atoms with van der Waals surface area (Å²) in [6.07, 6.45) is 2.38. The first-order valence-corrected chi connectivity index (χ1v) is 9.66. The molecule has 4 nitrogen and oxygen atoms in total. The van der Waals surface area contributed by atoms with Crippen molar-refractivity contribution in [2.45, 2.75) is 26.3 Å². The molecule has 1 unspecified atom stereocenters. The molecule has 140 valence electrons. The fourth-order valence-electron chi connectivity index (χ4n) is 3.87. The highest BCUT2D eigenvalue weighted by atomic mass is 35.5. The maximum absolute atomic E-state index is 12.6. The maximum atomic E-state index is 12.6. The number of nitrogens with zero attached hydrogens (tertiary/aromatic N) is 1. The highest BCUT2D eigenvalue weighted by Crippen LogP contribution is 2.31. The highest BCUT2D eigenvalue weighted by molar-refractivity contribution is 6.30. The summed E-state index contributed by atoms with van der Waals surface area (Å²) in [6, 6.07) is 12.4. The van der Waals surface area contributed by atoms with Gasteiger partial charge >= 0.3 is 5.63 Å². The molecule has 1 fully saturated rings. The van der Waals surface area contributed by atoms with Crippen LogP contribution in [-0.4, -0.2) is 23.1 Å². The van der Waals surface area contributed by atoms with E-state index < -0.39 is 5.63 Å². The smallest absolute Gasteiger partial charge is 0.344 e. The molecule has 0 radical (unpaired) electrons. The number of halogens is 1. The third-order valence-corrected chi connectivity index (χ3v) is 5.51. The van der Waals surface area contributed by atoms with Gasteiger partial charge in [-0.05, 0) is 61.2 Å². The van der Waals surface area contributed by atoms with E-state index >= 15 is 0 Å². The van der Waals surface area contributed by atoms with Gasteiger partial charge in [0.1, 0.15) is 11.3 Å². The summed E-state index contributed by atoms with van der Waals surface area (Å²) >= 11 is 5.94. The average molecular weight is 384 g/mol. The Morgan fingerprint density at radius 2 is 2.00 bits per heavy atom. The molecule has 27 heavy (non-hydrogen) atoms. The molecule has 1 aromatic heterocycles. The van der Waals surface area contributed by atoms with Crippen LogP contribution in [0.15, 0.2) is 51.7 Å². The van der Waals surface area contributed by atoms with Gasteiger partial charge in [-0.15, -0.1) is 0 Å². The number of phenolic OH excluding ortho intramolecular Hbond substituents is 1. The predicted octanol–water partition coefficient (Wildman–Crippen LogP) is 5.05. The second-order valence-electron chi connectivity index (χ2n) is 7.42. The average Bonchev–Trinajstić information content (AvgIpc) is 2.65. The standard InChI is InChI=1S/C22H22ClNO3/c1-14-3-2-10-24(12-14)13-19-20(25)9-6-16-11-18(22(26)27-21(16)19)15-4-7-17(23)8-5-15/h4-9,11,14,25H,2-3,10,12-13H2,1H3. The molecule has 2 heterocycles. The summed E-state index contributed by atoms with van der Waals surface area (Å²) in [5.41, 5.74) is 1.98. The molecule has 1 aliphatic rings. The largest absolute Gasteiger partial charge is 0.507 e. The molecule has 1 atom stereocenters. The minimum Gasteiger partial charge on any atom is -0.507 e. The van der Waals surface area contributed by atoms with E-state index in [0.717, 1.165) is 30.5 Å². The van der Waals surface area contributed by atoms with Crippen molar-refractivity contribution in [3.8, 4) is 16.9 Å². The van der Waals surface area contributed by atoms with Gasteiger partial charge in [0.05, 0.1) is 11.1 Å². The number of likely N-dealkylation sites (tertiary alicyclic amines) is 1. The van der Waals surface area contributed by atoms with Crippen molar-refractivity contribution < 1.29 is 9.52 Å². The summed E-state index contributed by atoms with van der Waals surface area (Å²) in [7, 11) is 0. The highest BCUT2D eigenvalue weighted by Gasteiger charge is 2.20. The van der Waals surface area contributed by atoms with Crippen molar-refractivity contribution in [1.82, 2.24) is 4.90 Å². The van der Waals surface area contributed by atoms with Crippen molar-refractivity contribution in [2.24, 2.45) is 5.92 Å². The Balaban J connectivity index is 1.76. The zero-order chi connectivity index (χ0) is 19.0. The molecule has 0 amide bonds. The van der Waals surface area contributed by atoms with Crippen LogP contribution in [0.25, 0.3) is 22.1 Å². The molecule has 0 bridgehead atoms. The van der Waals surface area contributed by atoms with Crippen molar-refractivity contribution in [3.63, 3.8) is 0 Å². The van der Waals surface area contributed by atoms with E-state index in [0.29, 0.717) is 34.2 Å². The second kappa shape index (κ2) is 7.37. The van der Waals surface area contributed by atoms with Gasteiger partial charge in [-0.2, -0.15) is 0 Å². The third kappa shape index (κ3) is 3.73. The fourth-order valence-corrected chi connectivity index (χ4v) is 4.00. The van der Waals surface area contributed by atoms with Crippen LogP contribution in [0.4, 0.5) is 0 Å². The molecule has 3 aromatic rings. The summed E-state index contributed by atoms with van der Waals surface area (Å²) in [5.74, 6) is 0.808. The van der Waals surface area contributed by atoms with E-state index in [-0.39, 0.29) is 5.75 Å². The molecule has 1 aliphatic heterocycles. The third-order valence-electron chi connectivity index (χ3n) is 5.26. The summed E-state index contributed by atoms with van der Waals surface area (Å²) in [4.78, 5) is 14.9. The molecule has 5 heteroatoms. The Kier molecular flexibility index (Phi) is 4.94. The number of hydrogen-bond donors (Lipinski definition) is 1. The van der Waals surface area contributed by atoms with Crippen molar-refractivity contribution >= 4 is 22.6 Å². The fraction of sp³-hybridized carbons (Fsp3) is 0.318. The lowest BCUT2D eigenvalue weighted by molar-refractivity contribution is 0.175. The Morgan fingerprint density at radius 3 is 2.74 bits per heavy atom. The van der Waals surface area contributed by atoms with Gasteiger partial charge in [0.2, 0.25) is 0 Å². The summed E-state index contributed by atoms with van der Waals surface area (Å²) in [5, 5.41) is 11.8. The monoisotopic (exact) mass is 383 g/mol. The van der Waals surface area contributed by atoms with Gasteiger partial charge in [0, 0.05) is 23.5 Å². The van der Waals surface area contributed by atoms with Crippen molar-refractivity contribution in [1.29, 1.82) is 0 Å².